The van der Waals surface area contributed by atoms with Crippen LogP contribution in [0.15, 0.2) is 35.2 Å². The van der Waals surface area contributed by atoms with Crippen LogP contribution >= 0.6 is 11.6 Å². The van der Waals surface area contributed by atoms with Crippen LogP contribution in [0.25, 0.3) is 0 Å². The average molecular weight is 519 g/mol. The third kappa shape index (κ3) is 4.82. The Balaban J connectivity index is 1.91. The van der Waals surface area contributed by atoms with Gasteiger partial charge in [-0.15, -0.1) is 0 Å². The molecule has 0 aromatic heterocycles. The van der Waals surface area contributed by atoms with E-state index in [1.807, 2.05) is 6.92 Å². The molecule has 1 aliphatic carbocycles. The van der Waals surface area contributed by atoms with E-state index in [-0.39, 0.29) is 52.4 Å². The molecule has 11 heteroatoms. The second-order valence-corrected chi connectivity index (χ2v) is 11.3. The molecule has 0 spiro atoms. The Labute approximate surface area is 201 Å². The summed E-state index contributed by atoms with van der Waals surface area (Å²) in [5.41, 5.74) is 4.16. The van der Waals surface area contributed by atoms with Crippen LogP contribution in [-0.4, -0.2) is 36.8 Å². The zero-order valence-corrected chi connectivity index (χ0v) is 20.2. The fourth-order valence-corrected chi connectivity index (χ4v) is 7.09. The highest BCUT2D eigenvalue weighted by molar-refractivity contribution is 7.92. The van der Waals surface area contributed by atoms with Crippen LogP contribution in [0.5, 0.6) is 0 Å². The van der Waals surface area contributed by atoms with Crippen molar-refractivity contribution in [2.75, 3.05) is 11.9 Å². The highest BCUT2D eigenvalue weighted by atomic mass is 35.5. The van der Waals surface area contributed by atoms with Gasteiger partial charge in [-0.25, -0.2) is 21.6 Å². The van der Waals surface area contributed by atoms with Crippen LogP contribution in [0.3, 0.4) is 0 Å². The summed E-state index contributed by atoms with van der Waals surface area (Å²) in [7, 11) is -4.01. The van der Waals surface area contributed by atoms with E-state index in [0.717, 1.165) is 6.07 Å². The number of carbonyl (C=O) groups is 1. The van der Waals surface area contributed by atoms with Gasteiger partial charge in [0.15, 0.2) is 27.3 Å². The van der Waals surface area contributed by atoms with Crippen LogP contribution in [0.4, 0.5) is 18.9 Å². The molecule has 3 rings (SSSR count). The van der Waals surface area contributed by atoms with Gasteiger partial charge in [0.05, 0.1) is 20.8 Å². The van der Waals surface area contributed by atoms with E-state index in [4.69, 9.17) is 17.3 Å². The minimum absolute atomic E-state index is 0.0143. The summed E-state index contributed by atoms with van der Waals surface area (Å²) in [5, 5.41) is 12.2. The lowest BCUT2D eigenvalue weighted by atomic mass is 9.68. The maximum Gasteiger partial charge on any atom is 0.255 e. The van der Waals surface area contributed by atoms with Gasteiger partial charge in [-0.2, -0.15) is 0 Å². The Kier molecular flexibility index (Phi) is 7.66. The number of carbonyl (C=O) groups excluding carboxylic acids is 1. The van der Waals surface area contributed by atoms with E-state index in [1.54, 1.807) is 6.92 Å². The molecule has 0 bridgehead atoms. The van der Waals surface area contributed by atoms with Crippen molar-refractivity contribution < 1.29 is 31.5 Å². The van der Waals surface area contributed by atoms with E-state index < -0.39 is 44.0 Å². The fraction of sp³-hybridized carbons (Fsp3) is 0.435. The van der Waals surface area contributed by atoms with Gasteiger partial charge in [0, 0.05) is 29.9 Å². The largest absolute Gasteiger partial charge is 0.388 e. The lowest BCUT2D eigenvalue weighted by Gasteiger charge is -2.46. The smallest absolute Gasteiger partial charge is 0.255 e. The lowest BCUT2D eigenvalue weighted by molar-refractivity contribution is -0.0806. The third-order valence-corrected chi connectivity index (χ3v) is 9.38. The Morgan fingerprint density at radius 1 is 1.21 bits per heavy atom. The zero-order chi connectivity index (χ0) is 25.4. The molecule has 6 nitrogen and oxygen atoms in total. The summed E-state index contributed by atoms with van der Waals surface area (Å²) < 4.78 is 67.1. The Morgan fingerprint density at radius 3 is 2.38 bits per heavy atom. The topological polar surface area (TPSA) is 109 Å². The molecule has 2 aromatic carbocycles. The molecular formula is C23H26ClF3N2O4S. The summed E-state index contributed by atoms with van der Waals surface area (Å²) in [6, 6.07) is 4.82. The molecule has 186 valence electrons. The molecule has 1 fully saturated rings. The summed E-state index contributed by atoms with van der Waals surface area (Å²) in [5.74, 6) is -6.22. The average Bonchev–Trinajstić information content (AvgIpc) is 2.78. The summed E-state index contributed by atoms with van der Waals surface area (Å²) >= 11 is 6.19. The maximum absolute atomic E-state index is 13.5. The normalized spacial score (nSPS) is 25.2. The molecular weight excluding hydrogens is 493 g/mol. The molecule has 1 aliphatic rings. The highest BCUT2D eigenvalue weighted by Crippen LogP contribution is 2.44. The van der Waals surface area contributed by atoms with Gasteiger partial charge in [-0.05, 0) is 42.9 Å². The molecule has 0 heterocycles. The number of rotatable bonds is 6. The van der Waals surface area contributed by atoms with Crippen molar-refractivity contribution in [1.29, 1.82) is 0 Å². The number of sulfone groups is 1. The first-order valence-corrected chi connectivity index (χ1v) is 12.7. The minimum atomic E-state index is -4.01. The van der Waals surface area contributed by atoms with Crippen LogP contribution in [-0.2, 0) is 9.84 Å². The van der Waals surface area contributed by atoms with Gasteiger partial charge < -0.3 is 16.2 Å². The van der Waals surface area contributed by atoms with E-state index in [0.29, 0.717) is 18.6 Å². The van der Waals surface area contributed by atoms with E-state index >= 15 is 0 Å². The number of nitrogens with two attached hydrogens (primary N) is 1. The van der Waals surface area contributed by atoms with Gasteiger partial charge in [-0.3, -0.25) is 4.79 Å². The molecule has 2 aromatic rings. The standard InChI is InChI=1S/C23H26ClF3N2O4S/c1-3-14-8-16(6-12(2)23(14,31)11-28)34(32,33)20-7-13(4-5-17(20)24)22(30)29-15-9-18(25)21(27)19(26)10-15/h4-5,7,9-10,12,14,16,31H,3,6,8,11,28H2,1-2H3,(H,29,30)/t12-,14?,16-,23-/m0/s1. The summed E-state index contributed by atoms with van der Waals surface area (Å²) in [4.78, 5) is 12.4. The number of halogens is 4. The Morgan fingerprint density at radius 2 is 1.82 bits per heavy atom. The molecule has 4 atom stereocenters. The van der Waals surface area contributed by atoms with Gasteiger partial charge in [-0.1, -0.05) is 31.9 Å². The number of nitrogens with one attached hydrogen (secondary N) is 1. The van der Waals surface area contributed by atoms with Crippen LogP contribution < -0.4 is 11.1 Å². The predicted octanol–water partition coefficient (Wildman–Crippen LogP) is 4.30. The summed E-state index contributed by atoms with van der Waals surface area (Å²) in [6.07, 6.45) is 0.871. The fourth-order valence-electron chi connectivity index (χ4n) is 4.63. The second-order valence-electron chi connectivity index (χ2n) is 8.69. The van der Waals surface area contributed by atoms with Crippen molar-refractivity contribution in [2.45, 2.75) is 48.9 Å². The van der Waals surface area contributed by atoms with E-state index in [9.17, 15) is 31.5 Å². The SMILES string of the molecule is CCC1C[C@@H](S(=O)(=O)c2cc(C(=O)Nc3cc(F)c(F)c(F)c3)ccc2Cl)C[C@H](C)[C@@]1(O)CN. The van der Waals surface area contributed by atoms with Crippen LogP contribution in [0.2, 0.25) is 5.02 Å². The number of amides is 1. The van der Waals surface area contributed by atoms with Gasteiger partial charge in [0.1, 0.15) is 0 Å². The zero-order valence-electron chi connectivity index (χ0n) is 18.6. The van der Waals surface area contributed by atoms with Gasteiger partial charge in [0.25, 0.3) is 5.91 Å². The molecule has 34 heavy (non-hydrogen) atoms. The molecule has 0 aliphatic heterocycles. The number of anilines is 1. The first-order chi connectivity index (χ1) is 15.8. The molecule has 0 saturated heterocycles. The van der Waals surface area contributed by atoms with Crippen molar-refractivity contribution in [3.63, 3.8) is 0 Å². The van der Waals surface area contributed by atoms with Crippen molar-refractivity contribution in [3.05, 3.63) is 58.4 Å². The predicted molar refractivity (Wildman–Crippen MR) is 123 cm³/mol. The quantitative estimate of drug-likeness (QED) is 0.494. The second kappa shape index (κ2) is 9.85. The molecule has 1 amide bonds. The molecule has 1 saturated carbocycles. The first kappa shape index (κ1) is 26.5. The third-order valence-electron chi connectivity index (χ3n) is 6.72. The van der Waals surface area contributed by atoms with Crippen molar-refractivity contribution in [3.8, 4) is 0 Å². The Bertz CT molecular complexity index is 1190. The van der Waals surface area contributed by atoms with Gasteiger partial charge >= 0.3 is 0 Å². The molecule has 1 unspecified atom stereocenters. The lowest BCUT2D eigenvalue weighted by Crippen LogP contribution is -2.55. The number of hydrogen-bond acceptors (Lipinski definition) is 5. The maximum atomic E-state index is 13.5. The van der Waals surface area contributed by atoms with Crippen molar-refractivity contribution in [1.82, 2.24) is 0 Å². The number of aliphatic hydroxyl groups is 1. The summed E-state index contributed by atoms with van der Waals surface area (Å²) in [6.45, 7) is 3.62. The molecule has 0 radical (unpaired) electrons. The monoisotopic (exact) mass is 518 g/mol. The highest BCUT2D eigenvalue weighted by Gasteiger charge is 2.49. The minimum Gasteiger partial charge on any atom is -0.388 e. The van der Waals surface area contributed by atoms with E-state index in [2.05, 4.69) is 5.32 Å². The number of benzene rings is 2. The number of hydrogen-bond donors (Lipinski definition) is 3. The van der Waals surface area contributed by atoms with Crippen LogP contribution in [0, 0.1) is 29.3 Å². The molecule has 4 N–H and O–H groups in total. The Hall–Kier alpha value is -2.14. The first-order valence-electron chi connectivity index (χ1n) is 10.8. The van der Waals surface area contributed by atoms with Crippen molar-refractivity contribution >= 4 is 33.0 Å². The van der Waals surface area contributed by atoms with Crippen molar-refractivity contribution in [2.24, 2.45) is 17.6 Å². The van der Waals surface area contributed by atoms with Crippen LogP contribution in [0.1, 0.15) is 43.5 Å². The van der Waals surface area contributed by atoms with Gasteiger partial charge in [0.2, 0.25) is 0 Å². The van der Waals surface area contributed by atoms with E-state index in [1.165, 1.54) is 12.1 Å².